The van der Waals surface area contributed by atoms with E-state index in [4.69, 9.17) is 0 Å². The van der Waals surface area contributed by atoms with Gasteiger partial charge in [-0.25, -0.2) is 0 Å². The summed E-state index contributed by atoms with van der Waals surface area (Å²) >= 11 is 0. The molecular formula is C74H67N. The Labute approximate surface area is 446 Å². The maximum absolute atomic E-state index is 2.49. The van der Waals surface area contributed by atoms with Crippen LogP contribution in [0.3, 0.4) is 0 Å². The van der Waals surface area contributed by atoms with Gasteiger partial charge in [0, 0.05) is 17.1 Å². The van der Waals surface area contributed by atoms with E-state index in [1.807, 2.05) is 0 Å². The number of hydrogen-bond acceptors (Lipinski definition) is 1. The van der Waals surface area contributed by atoms with E-state index in [-0.39, 0.29) is 16.2 Å². The fourth-order valence-electron chi connectivity index (χ4n) is 12.6. The number of hydrogen-bond donors (Lipinski definition) is 0. The van der Waals surface area contributed by atoms with Crippen LogP contribution in [0.2, 0.25) is 0 Å². The first-order chi connectivity index (χ1) is 36.1. The quantitative estimate of drug-likeness (QED) is 0.147. The van der Waals surface area contributed by atoms with Crippen molar-refractivity contribution < 1.29 is 0 Å². The molecule has 0 fully saturated rings. The van der Waals surface area contributed by atoms with Crippen molar-refractivity contribution in [2.75, 3.05) is 4.90 Å². The van der Waals surface area contributed by atoms with Crippen molar-refractivity contribution in [2.45, 2.75) is 89.4 Å². The van der Waals surface area contributed by atoms with Crippen LogP contribution in [0.5, 0.6) is 0 Å². The summed E-state index contributed by atoms with van der Waals surface area (Å²) in [5.74, 6) is 0. The molecule has 10 aromatic carbocycles. The van der Waals surface area contributed by atoms with Crippen LogP contribution in [0.25, 0.3) is 33.4 Å². The average molecular weight is 970 g/mol. The van der Waals surface area contributed by atoms with Gasteiger partial charge in [-0.15, -0.1) is 0 Å². The highest BCUT2D eigenvalue weighted by Crippen LogP contribution is 2.59. The summed E-state index contributed by atoms with van der Waals surface area (Å²) in [5, 5.41) is 0. The summed E-state index contributed by atoms with van der Waals surface area (Å²) in [4.78, 5) is 2.46. The molecule has 0 aromatic heterocycles. The fraction of sp³-hybridized carbons (Fsp3) is 0.189. The second kappa shape index (κ2) is 17.8. The van der Waals surface area contributed by atoms with Crippen LogP contribution in [0.1, 0.15) is 124 Å². The fourth-order valence-corrected chi connectivity index (χ4v) is 12.6. The third kappa shape index (κ3) is 7.81. The van der Waals surface area contributed by atoms with Crippen LogP contribution >= 0.6 is 0 Å². The highest BCUT2D eigenvalue weighted by Gasteiger charge is 2.48. The van der Waals surface area contributed by atoms with Gasteiger partial charge >= 0.3 is 0 Å². The van der Waals surface area contributed by atoms with E-state index in [0.717, 1.165) is 17.1 Å². The molecule has 1 heteroatoms. The molecule has 10 aromatic rings. The van der Waals surface area contributed by atoms with Crippen molar-refractivity contribution >= 4 is 17.1 Å². The zero-order chi connectivity index (χ0) is 51.9. The zero-order valence-electron chi connectivity index (χ0n) is 45.0. The Bertz CT molecular complexity index is 3710. The molecule has 0 N–H and O–H groups in total. The van der Waals surface area contributed by atoms with E-state index in [9.17, 15) is 0 Å². The zero-order valence-corrected chi connectivity index (χ0v) is 45.0. The van der Waals surface area contributed by atoms with Gasteiger partial charge in [-0.1, -0.05) is 263 Å². The van der Waals surface area contributed by atoms with Gasteiger partial charge in [0.15, 0.2) is 0 Å². The van der Waals surface area contributed by atoms with Crippen molar-refractivity contribution in [3.63, 3.8) is 0 Å². The number of anilines is 3. The Balaban J connectivity index is 1.02. The molecule has 2 atom stereocenters. The molecule has 1 nitrogen and oxygen atoms in total. The van der Waals surface area contributed by atoms with Crippen LogP contribution in [-0.4, -0.2) is 0 Å². The standard InChI is InChI=1S/C74H67N/c1-70(2,3)52-31-35-57(36-32-52)73(55-20-12-10-13-21-55)66-26-18-16-24-62(66)64-46-30-51(48-68(64)73)50-28-41-59(42-29-50)75(60-43-39-54(40-44-60)72(7,8)9)61-45-47-65-63-25-17-19-27-67(63)74(69(65)49-61,56-22-14-11-15-23-56)58-37-33-53(34-38-58)71(4,5)6/h10-49H,1-9H3. The molecular weight excluding hydrogens is 903 g/mol. The number of nitrogens with zero attached hydrogens (tertiary/aromatic N) is 1. The lowest BCUT2D eigenvalue weighted by Gasteiger charge is -2.35. The van der Waals surface area contributed by atoms with Crippen LogP contribution in [0.4, 0.5) is 17.1 Å². The van der Waals surface area contributed by atoms with Gasteiger partial charge in [0.05, 0.1) is 10.8 Å². The average Bonchev–Trinajstić information content (AvgIpc) is 3.94. The minimum absolute atomic E-state index is 0.0212. The number of fused-ring (bicyclic) bond motifs is 6. The molecule has 12 rings (SSSR count). The van der Waals surface area contributed by atoms with Gasteiger partial charge in [0.25, 0.3) is 0 Å². The Morgan fingerprint density at radius 1 is 0.253 bits per heavy atom. The SMILES string of the molecule is CC(C)(C)c1ccc(N(c2ccc(-c3ccc4c(c3)C(c3ccccc3)(c3ccc(C(C)(C)C)cc3)c3ccccc3-4)cc2)c2ccc3c(c2)C(c2ccccc2)(c2ccc(C(C)(C)C)cc2)c2ccccc2-3)cc1. The maximum Gasteiger partial charge on any atom is 0.0714 e. The third-order valence-corrected chi connectivity index (χ3v) is 16.6. The molecule has 0 saturated carbocycles. The Morgan fingerprint density at radius 3 is 1.01 bits per heavy atom. The van der Waals surface area contributed by atoms with Crippen molar-refractivity contribution in [3.05, 3.63) is 304 Å². The molecule has 0 radical (unpaired) electrons. The van der Waals surface area contributed by atoms with E-state index in [1.165, 1.54) is 94.6 Å². The molecule has 0 aliphatic heterocycles. The summed E-state index contributed by atoms with van der Waals surface area (Å²) in [7, 11) is 0. The molecule has 2 aliphatic rings. The molecule has 0 bridgehead atoms. The monoisotopic (exact) mass is 970 g/mol. The third-order valence-electron chi connectivity index (χ3n) is 16.6. The largest absolute Gasteiger partial charge is 0.310 e. The number of benzene rings is 10. The molecule has 0 spiro atoms. The predicted molar refractivity (Wildman–Crippen MR) is 317 cm³/mol. The van der Waals surface area contributed by atoms with Gasteiger partial charge in [-0.3, -0.25) is 0 Å². The summed E-state index contributed by atoms with van der Waals surface area (Å²) in [6, 6.07) is 92.3. The maximum atomic E-state index is 2.49. The predicted octanol–water partition coefficient (Wildman–Crippen LogP) is 19.4. The highest BCUT2D eigenvalue weighted by molar-refractivity contribution is 5.91. The van der Waals surface area contributed by atoms with Crippen LogP contribution < -0.4 is 4.90 Å². The van der Waals surface area contributed by atoms with E-state index in [2.05, 4.69) is 310 Å². The van der Waals surface area contributed by atoms with Crippen molar-refractivity contribution in [1.29, 1.82) is 0 Å². The van der Waals surface area contributed by atoms with Gasteiger partial charge in [-0.05, 0) is 153 Å². The van der Waals surface area contributed by atoms with Crippen LogP contribution in [0, 0.1) is 0 Å². The van der Waals surface area contributed by atoms with Crippen LogP contribution in [0.15, 0.2) is 243 Å². The summed E-state index contributed by atoms with van der Waals surface area (Å²) in [6.45, 7) is 20.6. The molecule has 2 aliphatic carbocycles. The molecule has 0 heterocycles. The van der Waals surface area contributed by atoms with Crippen LogP contribution in [-0.2, 0) is 27.1 Å². The number of rotatable bonds is 8. The summed E-state index contributed by atoms with van der Waals surface area (Å²) in [6.07, 6.45) is 0. The van der Waals surface area contributed by atoms with Crippen molar-refractivity contribution in [2.24, 2.45) is 0 Å². The van der Waals surface area contributed by atoms with E-state index >= 15 is 0 Å². The first-order valence-corrected chi connectivity index (χ1v) is 26.9. The van der Waals surface area contributed by atoms with Gasteiger partial charge in [0.2, 0.25) is 0 Å². The van der Waals surface area contributed by atoms with Gasteiger partial charge < -0.3 is 4.90 Å². The molecule has 75 heavy (non-hydrogen) atoms. The molecule has 2 unspecified atom stereocenters. The topological polar surface area (TPSA) is 3.24 Å². The van der Waals surface area contributed by atoms with E-state index in [1.54, 1.807) is 0 Å². The summed E-state index contributed by atoms with van der Waals surface area (Å²) in [5.41, 5.74) is 24.2. The second-order valence-electron chi connectivity index (χ2n) is 24.1. The lowest BCUT2D eigenvalue weighted by molar-refractivity contribution is 0.589. The first-order valence-electron chi connectivity index (χ1n) is 26.9. The van der Waals surface area contributed by atoms with Crippen molar-refractivity contribution in [1.82, 2.24) is 0 Å². The Kier molecular flexibility index (Phi) is 11.4. The summed E-state index contributed by atoms with van der Waals surface area (Å²) < 4.78 is 0. The normalized spacial score (nSPS) is 16.7. The molecule has 0 saturated heterocycles. The highest BCUT2D eigenvalue weighted by atomic mass is 15.1. The molecule has 368 valence electrons. The lowest BCUT2D eigenvalue weighted by atomic mass is 9.67. The first kappa shape index (κ1) is 48.0. The Hall–Kier alpha value is -8.00. The minimum atomic E-state index is -0.540. The van der Waals surface area contributed by atoms with Gasteiger partial charge in [0.1, 0.15) is 0 Å². The Morgan fingerprint density at radius 2 is 0.573 bits per heavy atom. The van der Waals surface area contributed by atoms with Crippen molar-refractivity contribution in [3.8, 4) is 33.4 Å². The molecule has 0 amide bonds. The van der Waals surface area contributed by atoms with Gasteiger partial charge in [-0.2, -0.15) is 0 Å². The second-order valence-corrected chi connectivity index (χ2v) is 24.1. The lowest BCUT2D eigenvalue weighted by Crippen LogP contribution is -2.29. The minimum Gasteiger partial charge on any atom is -0.310 e. The van der Waals surface area contributed by atoms with E-state index < -0.39 is 10.8 Å². The van der Waals surface area contributed by atoms with E-state index in [0.29, 0.717) is 0 Å². The smallest absolute Gasteiger partial charge is 0.0714 e.